The van der Waals surface area contributed by atoms with E-state index < -0.39 is 18.0 Å². The molecule has 21 heavy (non-hydrogen) atoms. The maximum Gasteiger partial charge on any atom is 0.435 e. The highest BCUT2D eigenvalue weighted by Crippen LogP contribution is 2.32. The van der Waals surface area contributed by atoms with Crippen molar-refractivity contribution in [2.75, 3.05) is 6.61 Å². The van der Waals surface area contributed by atoms with Crippen LogP contribution in [0.5, 0.6) is 0 Å². The summed E-state index contributed by atoms with van der Waals surface area (Å²) < 4.78 is 48.5. The molecule has 0 amide bonds. The van der Waals surface area contributed by atoms with Crippen molar-refractivity contribution < 1.29 is 27.1 Å². The number of unbranched alkanes of at least 4 members (excludes halogenated alkanes) is 1. The van der Waals surface area contributed by atoms with E-state index in [0.29, 0.717) is 16.7 Å². The van der Waals surface area contributed by atoms with Crippen LogP contribution in [0.2, 0.25) is 0 Å². The SMILES string of the molecule is CCCCOC(=O)n1nc(C(F)(F)F)cc1-c1ccoc1. The minimum absolute atomic E-state index is 0.0300. The Labute approximate surface area is 118 Å². The number of alkyl halides is 3. The van der Waals surface area contributed by atoms with Gasteiger partial charge in [0.1, 0.15) is 0 Å². The van der Waals surface area contributed by atoms with Gasteiger partial charge >= 0.3 is 12.3 Å². The molecule has 8 heteroatoms. The molecule has 2 heterocycles. The average molecular weight is 302 g/mol. The smallest absolute Gasteiger partial charge is 0.435 e. The molecule has 0 radical (unpaired) electrons. The first-order chi connectivity index (χ1) is 9.93. The molecular weight excluding hydrogens is 289 g/mol. The van der Waals surface area contributed by atoms with E-state index in [1.54, 1.807) is 0 Å². The highest BCUT2D eigenvalue weighted by Gasteiger charge is 2.36. The fourth-order valence-corrected chi connectivity index (χ4v) is 1.64. The summed E-state index contributed by atoms with van der Waals surface area (Å²) in [5, 5.41) is 3.29. The molecule has 0 aliphatic carbocycles. The van der Waals surface area contributed by atoms with Crippen molar-refractivity contribution in [1.29, 1.82) is 0 Å². The van der Waals surface area contributed by atoms with Gasteiger partial charge in [-0.3, -0.25) is 0 Å². The van der Waals surface area contributed by atoms with Crippen LogP contribution < -0.4 is 0 Å². The molecule has 0 N–H and O–H groups in total. The molecule has 114 valence electrons. The predicted octanol–water partition coefficient (Wildman–Crippen LogP) is 3.95. The molecule has 0 bridgehead atoms. The van der Waals surface area contributed by atoms with Crippen LogP contribution in [0.4, 0.5) is 18.0 Å². The van der Waals surface area contributed by atoms with Gasteiger partial charge in [0.15, 0.2) is 5.69 Å². The van der Waals surface area contributed by atoms with Crippen LogP contribution in [-0.4, -0.2) is 22.5 Å². The van der Waals surface area contributed by atoms with Crippen LogP contribution in [0.3, 0.4) is 0 Å². The highest BCUT2D eigenvalue weighted by molar-refractivity contribution is 5.77. The molecule has 0 atom stereocenters. The summed E-state index contributed by atoms with van der Waals surface area (Å²) in [6.07, 6.45) is -1.65. The van der Waals surface area contributed by atoms with Crippen molar-refractivity contribution in [2.45, 2.75) is 25.9 Å². The number of rotatable bonds is 4. The quantitative estimate of drug-likeness (QED) is 0.802. The van der Waals surface area contributed by atoms with E-state index in [9.17, 15) is 18.0 Å². The van der Waals surface area contributed by atoms with Crippen LogP contribution in [0.25, 0.3) is 11.3 Å². The Morgan fingerprint density at radius 3 is 2.81 bits per heavy atom. The fourth-order valence-electron chi connectivity index (χ4n) is 1.64. The molecule has 0 unspecified atom stereocenters. The third-order valence-electron chi connectivity index (χ3n) is 2.71. The van der Waals surface area contributed by atoms with Gasteiger partial charge < -0.3 is 9.15 Å². The molecular formula is C13H13F3N2O3. The van der Waals surface area contributed by atoms with Gasteiger partial charge in [-0.1, -0.05) is 13.3 Å². The number of furan rings is 1. The van der Waals surface area contributed by atoms with Gasteiger partial charge in [-0.2, -0.15) is 23.0 Å². The summed E-state index contributed by atoms with van der Waals surface area (Å²) in [7, 11) is 0. The Bertz CT molecular complexity index is 603. The molecule has 0 saturated heterocycles. The maximum absolute atomic E-state index is 12.7. The number of halogens is 3. The first kappa shape index (κ1) is 15.1. The Kier molecular flexibility index (Phi) is 4.35. The number of hydrogen-bond acceptors (Lipinski definition) is 4. The number of hydrogen-bond donors (Lipinski definition) is 0. The second kappa shape index (κ2) is 6.02. The lowest BCUT2D eigenvalue weighted by Crippen LogP contribution is -2.18. The molecule has 0 aromatic carbocycles. The highest BCUT2D eigenvalue weighted by atomic mass is 19.4. The van der Waals surface area contributed by atoms with Crippen molar-refractivity contribution in [3.63, 3.8) is 0 Å². The van der Waals surface area contributed by atoms with Crippen LogP contribution in [0.1, 0.15) is 25.5 Å². The molecule has 0 spiro atoms. The number of ether oxygens (including phenoxy) is 1. The molecule has 0 aliphatic heterocycles. The maximum atomic E-state index is 12.7. The lowest BCUT2D eigenvalue weighted by atomic mass is 10.2. The van der Waals surface area contributed by atoms with E-state index >= 15 is 0 Å². The first-order valence-electron chi connectivity index (χ1n) is 6.30. The zero-order chi connectivity index (χ0) is 15.5. The monoisotopic (exact) mass is 302 g/mol. The van der Waals surface area contributed by atoms with Gasteiger partial charge in [0.05, 0.1) is 24.8 Å². The zero-order valence-electron chi connectivity index (χ0n) is 11.2. The van der Waals surface area contributed by atoms with Crippen LogP contribution in [-0.2, 0) is 10.9 Å². The van der Waals surface area contributed by atoms with Crippen LogP contribution >= 0.6 is 0 Å². The molecule has 5 nitrogen and oxygen atoms in total. The standard InChI is InChI=1S/C13H13F3N2O3/c1-2-3-5-21-12(19)18-10(9-4-6-20-8-9)7-11(17-18)13(14,15)16/h4,6-8H,2-3,5H2,1H3. The van der Waals surface area contributed by atoms with E-state index in [2.05, 4.69) is 5.10 Å². The van der Waals surface area contributed by atoms with Crippen molar-refractivity contribution in [3.05, 3.63) is 30.4 Å². The van der Waals surface area contributed by atoms with Gasteiger partial charge in [-0.25, -0.2) is 4.79 Å². The second-order valence-corrected chi connectivity index (χ2v) is 4.30. The third-order valence-corrected chi connectivity index (χ3v) is 2.71. The Morgan fingerprint density at radius 2 is 2.24 bits per heavy atom. The number of nitrogens with zero attached hydrogens (tertiary/aromatic N) is 2. The second-order valence-electron chi connectivity index (χ2n) is 4.30. The summed E-state index contributed by atoms with van der Waals surface area (Å²) in [5.74, 6) is 0. The Balaban J connectivity index is 2.34. The van der Waals surface area contributed by atoms with E-state index in [4.69, 9.17) is 9.15 Å². The van der Waals surface area contributed by atoms with Gasteiger partial charge in [-0.05, 0) is 18.6 Å². The predicted molar refractivity (Wildman–Crippen MR) is 66.6 cm³/mol. The minimum atomic E-state index is -4.65. The van der Waals surface area contributed by atoms with E-state index in [-0.39, 0.29) is 12.3 Å². The van der Waals surface area contributed by atoms with Crippen molar-refractivity contribution in [2.24, 2.45) is 0 Å². The molecule has 0 saturated carbocycles. The lowest BCUT2D eigenvalue weighted by Gasteiger charge is -2.06. The molecule has 2 aromatic rings. The molecule has 2 rings (SSSR count). The van der Waals surface area contributed by atoms with Crippen molar-refractivity contribution >= 4 is 6.09 Å². The van der Waals surface area contributed by atoms with E-state index in [0.717, 1.165) is 12.5 Å². The van der Waals surface area contributed by atoms with E-state index in [1.807, 2.05) is 6.92 Å². The number of aromatic nitrogens is 2. The molecule has 0 aliphatic rings. The number of carbonyl (C=O) groups excluding carboxylic acids is 1. The first-order valence-corrected chi connectivity index (χ1v) is 6.30. The number of carbonyl (C=O) groups is 1. The summed E-state index contributed by atoms with van der Waals surface area (Å²) >= 11 is 0. The molecule has 2 aromatic heterocycles. The third kappa shape index (κ3) is 3.45. The van der Waals surface area contributed by atoms with Gasteiger partial charge in [0.25, 0.3) is 0 Å². The normalized spacial score (nSPS) is 11.6. The average Bonchev–Trinajstić information content (AvgIpc) is 3.06. The summed E-state index contributed by atoms with van der Waals surface area (Å²) in [4.78, 5) is 11.9. The van der Waals surface area contributed by atoms with E-state index in [1.165, 1.54) is 18.6 Å². The fraction of sp³-hybridized carbons (Fsp3) is 0.385. The largest absolute Gasteiger partial charge is 0.472 e. The van der Waals surface area contributed by atoms with Gasteiger partial charge in [-0.15, -0.1) is 0 Å². The minimum Gasteiger partial charge on any atom is -0.472 e. The summed E-state index contributed by atoms with van der Waals surface area (Å²) in [6.45, 7) is 2.03. The van der Waals surface area contributed by atoms with Crippen molar-refractivity contribution in [3.8, 4) is 11.3 Å². The van der Waals surface area contributed by atoms with Crippen LogP contribution in [0, 0.1) is 0 Å². The summed E-state index contributed by atoms with van der Waals surface area (Å²) in [5.41, 5.74) is -0.880. The Morgan fingerprint density at radius 1 is 1.48 bits per heavy atom. The summed E-state index contributed by atoms with van der Waals surface area (Å²) in [6, 6.07) is 2.22. The zero-order valence-corrected chi connectivity index (χ0v) is 11.2. The lowest BCUT2D eigenvalue weighted by molar-refractivity contribution is -0.141. The van der Waals surface area contributed by atoms with Crippen LogP contribution in [0.15, 0.2) is 29.1 Å². The van der Waals surface area contributed by atoms with Gasteiger partial charge in [0, 0.05) is 5.56 Å². The Hall–Kier alpha value is -2.25. The van der Waals surface area contributed by atoms with Crippen molar-refractivity contribution in [1.82, 2.24) is 9.78 Å². The van der Waals surface area contributed by atoms with Gasteiger partial charge in [0.2, 0.25) is 0 Å². The molecule has 0 fully saturated rings. The topological polar surface area (TPSA) is 57.3 Å².